The van der Waals surface area contributed by atoms with Crippen LogP contribution in [0.1, 0.15) is 30.4 Å². The van der Waals surface area contributed by atoms with Crippen LogP contribution < -0.4 is 0 Å². The molecule has 0 saturated carbocycles. The zero-order valence-electron chi connectivity index (χ0n) is 11.3. The molecule has 0 fully saturated rings. The molecule has 0 unspecified atom stereocenters. The second-order valence-corrected chi connectivity index (χ2v) is 5.01. The van der Waals surface area contributed by atoms with Gasteiger partial charge in [-0.3, -0.25) is 4.68 Å². The van der Waals surface area contributed by atoms with Crippen molar-refractivity contribution in [1.82, 2.24) is 14.8 Å². The van der Waals surface area contributed by atoms with E-state index in [1.54, 1.807) is 10.7 Å². The molecule has 5 heteroatoms. The highest BCUT2D eigenvalue weighted by atomic mass is 16.4. The molecule has 3 aromatic rings. The Balaban J connectivity index is 2.20. The molecule has 20 heavy (non-hydrogen) atoms. The van der Waals surface area contributed by atoms with Gasteiger partial charge >= 0.3 is 5.97 Å². The van der Waals surface area contributed by atoms with Gasteiger partial charge in [0.05, 0.1) is 5.69 Å². The predicted octanol–water partition coefficient (Wildman–Crippen LogP) is 3.31. The number of carboxylic acids is 1. The Morgan fingerprint density at radius 1 is 1.35 bits per heavy atom. The van der Waals surface area contributed by atoms with E-state index in [0.717, 1.165) is 16.5 Å². The number of carbonyl (C=O) groups is 1. The summed E-state index contributed by atoms with van der Waals surface area (Å²) >= 11 is 0. The molecule has 0 bridgehead atoms. The molecule has 0 aliphatic rings. The van der Waals surface area contributed by atoms with E-state index in [0.29, 0.717) is 5.69 Å². The fourth-order valence-electron chi connectivity index (χ4n) is 2.36. The minimum atomic E-state index is -0.961. The molecular formula is C15H15N3O2. The number of rotatable bonds is 3. The monoisotopic (exact) mass is 269 g/mol. The summed E-state index contributed by atoms with van der Waals surface area (Å²) in [5.74, 6) is -0.961. The fourth-order valence-corrected chi connectivity index (χ4v) is 2.36. The Labute approximate surface area is 115 Å². The summed E-state index contributed by atoms with van der Waals surface area (Å²) in [7, 11) is 0. The Bertz CT molecular complexity index is 783. The molecule has 0 radical (unpaired) electrons. The third kappa shape index (κ3) is 1.87. The van der Waals surface area contributed by atoms with Gasteiger partial charge in [0.1, 0.15) is 5.69 Å². The minimum absolute atomic E-state index is 0.0000519. The lowest BCUT2D eigenvalue weighted by atomic mass is 10.1. The quantitative estimate of drug-likeness (QED) is 0.766. The molecule has 3 rings (SSSR count). The lowest BCUT2D eigenvalue weighted by Crippen LogP contribution is -2.11. The number of benzene rings is 1. The SMILES string of the molecule is CC(C)n1nc(-c2c[nH]c3ccccc23)cc1C(=O)O. The molecule has 2 heterocycles. The van der Waals surface area contributed by atoms with Gasteiger partial charge in [0.15, 0.2) is 0 Å². The largest absolute Gasteiger partial charge is 0.477 e. The number of hydrogen-bond acceptors (Lipinski definition) is 2. The van der Waals surface area contributed by atoms with Crippen molar-refractivity contribution in [2.24, 2.45) is 0 Å². The maximum Gasteiger partial charge on any atom is 0.354 e. The van der Waals surface area contributed by atoms with Crippen molar-refractivity contribution in [3.63, 3.8) is 0 Å². The number of aromatic amines is 1. The second kappa shape index (κ2) is 4.52. The topological polar surface area (TPSA) is 70.9 Å². The molecule has 1 aromatic carbocycles. The van der Waals surface area contributed by atoms with Gasteiger partial charge < -0.3 is 10.1 Å². The van der Waals surface area contributed by atoms with Crippen molar-refractivity contribution in [3.05, 3.63) is 42.2 Å². The van der Waals surface area contributed by atoms with Gasteiger partial charge in [-0.25, -0.2) is 4.79 Å². The van der Waals surface area contributed by atoms with Crippen molar-refractivity contribution in [2.75, 3.05) is 0 Å². The van der Waals surface area contributed by atoms with Crippen LogP contribution in [-0.4, -0.2) is 25.8 Å². The zero-order valence-corrected chi connectivity index (χ0v) is 11.3. The van der Waals surface area contributed by atoms with Crippen molar-refractivity contribution in [3.8, 4) is 11.3 Å². The standard InChI is InChI=1S/C15H15N3O2/c1-9(2)18-14(15(19)20)7-13(17-18)11-8-16-12-6-4-3-5-10(11)12/h3-9,16H,1-2H3,(H,19,20). The third-order valence-electron chi connectivity index (χ3n) is 3.31. The summed E-state index contributed by atoms with van der Waals surface area (Å²) in [6, 6.07) is 9.51. The van der Waals surface area contributed by atoms with Crippen LogP contribution in [0.3, 0.4) is 0 Å². The highest BCUT2D eigenvalue weighted by Gasteiger charge is 2.18. The van der Waals surface area contributed by atoms with Crippen LogP contribution in [0.2, 0.25) is 0 Å². The Morgan fingerprint density at radius 3 is 2.75 bits per heavy atom. The molecule has 0 atom stereocenters. The summed E-state index contributed by atoms with van der Waals surface area (Å²) in [5.41, 5.74) is 2.81. The van der Waals surface area contributed by atoms with Gasteiger partial charge in [-0.05, 0) is 26.0 Å². The molecule has 102 valence electrons. The maximum absolute atomic E-state index is 11.3. The average molecular weight is 269 g/mol. The van der Waals surface area contributed by atoms with Crippen molar-refractivity contribution < 1.29 is 9.90 Å². The second-order valence-electron chi connectivity index (χ2n) is 5.01. The number of nitrogens with one attached hydrogen (secondary N) is 1. The molecule has 2 N–H and O–H groups in total. The summed E-state index contributed by atoms with van der Waals surface area (Å²) in [4.78, 5) is 14.5. The Hall–Kier alpha value is -2.56. The van der Waals surface area contributed by atoms with Crippen LogP contribution in [0.25, 0.3) is 22.2 Å². The molecule has 0 saturated heterocycles. The smallest absolute Gasteiger partial charge is 0.354 e. The first kappa shape index (κ1) is 12.5. The molecule has 0 spiro atoms. The zero-order chi connectivity index (χ0) is 14.3. The number of fused-ring (bicyclic) bond motifs is 1. The van der Waals surface area contributed by atoms with E-state index in [1.165, 1.54) is 0 Å². The average Bonchev–Trinajstić information content (AvgIpc) is 3.02. The van der Waals surface area contributed by atoms with Crippen LogP contribution in [-0.2, 0) is 0 Å². The van der Waals surface area contributed by atoms with E-state index in [9.17, 15) is 9.90 Å². The fraction of sp³-hybridized carbons (Fsp3) is 0.200. The van der Waals surface area contributed by atoms with Gasteiger partial charge in [-0.1, -0.05) is 18.2 Å². The van der Waals surface area contributed by atoms with E-state index < -0.39 is 5.97 Å². The number of aromatic carboxylic acids is 1. The Morgan fingerprint density at radius 2 is 2.10 bits per heavy atom. The number of carboxylic acid groups (broad SMARTS) is 1. The van der Waals surface area contributed by atoms with Crippen LogP contribution in [0.15, 0.2) is 36.5 Å². The van der Waals surface area contributed by atoms with Crippen LogP contribution in [0.5, 0.6) is 0 Å². The predicted molar refractivity (Wildman–Crippen MR) is 76.9 cm³/mol. The van der Waals surface area contributed by atoms with Crippen molar-refractivity contribution in [1.29, 1.82) is 0 Å². The van der Waals surface area contributed by atoms with Crippen molar-refractivity contribution in [2.45, 2.75) is 19.9 Å². The van der Waals surface area contributed by atoms with Gasteiger partial charge in [-0.2, -0.15) is 5.10 Å². The van der Waals surface area contributed by atoms with E-state index in [1.807, 2.05) is 44.3 Å². The molecule has 5 nitrogen and oxygen atoms in total. The van der Waals surface area contributed by atoms with Gasteiger partial charge in [0.2, 0.25) is 0 Å². The van der Waals surface area contributed by atoms with Crippen molar-refractivity contribution >= 4 is 16.9 Å². The van der Waals surface area contributed by atoms with E-state index in [4.69, 9.17) is 0 Å². The number of aromatic nitrogens is 3. The molecule has 2 aromatic heterocycles. The normalized spacial score (nSPS) is 11.3. The van der Waals surface area contributed by atoms with Gasteiger partial charge in [0, 0.05) is 28.7 Å². The molecule has 0 aliphatic heterocycles. The minimum Gasteiger partial charge on any atom is -0.477 e. The molecular weight excluding hydrogens is 254 g/mol. The first-order valence-corrected chi connectivity index (χ1v) is 6.47. The number of para-hydroxylation sites is 1. The van der Waals surface area contributed by atoms with Gasteiger partial charge in [-0.15, -0.1) is 0 Å². The number of nitrogens with zero attached hydrogens (tertiary/aromatic N) is 2. The number of hydrogen-bond donors (Lipinski definition) is 2. The summed E-state index contributed by atoms with van der Waals surface area (Å²) in [5, 5.41) is 14.7. The lowest BCUT2D eigenvalue weighted by Gasteiger charge is -2.07. The van der Waals surface area contributed by atoms with Gasteiger partial charge in [0.25, 0.3) is 0 Å². The van der Waals surface area contributed by atoms with Crippen LogP contribution in [0.4, 0.5) is 0 Å². The van der Waals surface area contributed by atoms with E-state index in [2.05, 4.69) is 10.1 Å². The third-order valence-corrected chi connectivity index (χ3v) is 3.31. The molecule has 0 amide bonds. The van der Waals surface area contributed by atoms with Crippen LogP contribution in [0, 0.1) is 0 Å². The summed E-state index contributed by atoms with van der Waals surface area (Å²) in [6.07, 6.45) is 1.86. The van der Waals surface area contributed by atoms with E-state index >= 15 is 0 Å². The lowest BCUT2D eigenvalue weighted by molar-refractivity contribution is 0.0681. The molecule has 0 aliphatic carbocycles. The van der Waals surface area contributed by atoms with E-state index in [-0.39, 0.29) is 11.7 Å². The van der Waals surface area contributed by atoms with Crippen LogP contribution >= 0.6 is 0 Å². The Kier molecular flexibility index (Phi) is 2.82. The highest BCUT2D eigenvalue weighted by molar-refractivity contribution is 5.96. The summed E-state index contributed by atoms with van der Waals surface area (Å²) < 4.78 is 1.54. The maximum atomic E-state index is 11.3. The first-order valence-electron chi connectivity index (χ1n) is 6.47. The highest BCUT2D eigenvalue weighted by Crippen LogP contribution is 2.28. The first-order chi connectivity index (χ1) is 9.58. The summed E-state index contributed by atoms with van der Waals surface area (Å²) in [6.45, 7) is 3.83. The number of H-pyrrole nitrogens is 1.